The molecule has 0 unspecified atom stereocenters. The second-order valence-corrected chi connectivity index (χ2v) is 4.98. The first kappa shape index (κ1) is 12.9. The van der Waals surface area contributed by atoms with E-state index < -0.39 is 0 Å². The maximum Gasteiger partial charge on any atom is 0.203 e. The van der Waals surface area contributed by atoms with Gasteiger partial charge in [0.2, 0.25) is 5.82 Å². The van der Waals surface area contributed by atoms with Crippen LogP contribution < -0.4 is 4.74 Å². The molecular formula is C14H15FN4O. The van der Waals surface area contributed by atoms with E-state index in [0.717, 1.165) is 12.3 Å². The Bertz CT molecular complexity index is 575. The summed E-state index contributed by atoms with van der Waals surface area (Å²) in [5.41, 5.74) is 0.518. The number of hydrogen-bond acceptors (Lipinski definition) is 5. The summed E-state index contributed by atoms with van der Waals surface area (Å²) in [6.45, 7) is 0.611. The highest BCUT2D eigenvalue weighted by atomic mass is 19.1. The number of nitrogens with zero attached hydrogens (tertiary/aromatic N) is 4. The average Bonchev–Trinajstić information content (AvgIpc) is 2.42. The number of hydrogen-bond donors (Lipinski definition) is 0. The molecule has 20 heavy (non-hydrogen) atoms. The van der Waals surface area contributed by atoms with Gasteiger partial charge in [0.1, 0.15) is 11.6 Å². The lowest BCUT2D eigenvalue weighted by molar-refractivity contribution is 0.221. The van der Waals surface area contributed by atoms with Crippen LogP contribution in [0.25, 0.3) is 11.4 Å². The van der Waals surface area contributed by atoms with Crippen molar-refractivity contribution in [1.82, 2.24) is 20.4 Å². The molecule has 5 nitrogen and oxygen atoms in total. The average molecular weight is 274 g/mol. The molecule has 1 saturated carbocycles. The Morgan fingerprint density at radius 2 is 1.95 bits per heavy atom. The molecule has 6 heteroatoms. The zero-order valence-corrected chi connectivity index (χ0v) is 11.0. The molecule has 3 rings (SSSR count). The summed E-state index contributed by atoms with van der Waals surface area (Å²) in [7, 11) is 0. The SMILES string of the molecule is Fc1cc(OCCC2CCC2)cc(-c2nncnn2)c1. The third-order valence-corrected chi connectivity index (χ3v) is 3.56. The fourth-order valence-electron chi connectivity index (χ4n) is 2.22. The van der Waals surface area contributed by atoms with Crippen LogP contribution in [0.3, 0.4) is 0 Å². The van der Waals surface area contributed by atoms with Crippen molar-refractivity contribution in [3.8, 4) is 17.1 Å². The second-order valence-electron chi connectivity index (χ2n) is 4.98. The van der Waals surface area contributed by atoms with E-state index in [1.807, 2.05) is 0 Å². The lowest BCUT2D eigenvalue weighted by atomic mass is 9.83. The number of aromatic nitrogens is 4. The first-order chi connectivity index (χ1) is 9.81. The van der Waals surface area contributed by atoms with Crippen LogP contribution in [-0.4, -0.2) is 27.0 Å². The largest absolute Gasteiger partial charge is 0.493 e. The topological polar surface area (TPSA) is 60.8 Å². The number of rotatable bonds is 5. The molecule has 1 aliphatic carbocycles. The molecule has 0 bridgehead atoms. The minimum absolute atomic E-state index is 0.288. The molecule has 0 amide bonds. The van der Waals surface area contributed by atoms with Gasteiger partial charge in [0.05, 0.1) is 6.61 Å². The Morgan fingerprint density at radius 3 is 2.65 bits per heavy atom. The highest BCUT2D eigenvalue weighted by molar-refractivity contribution is 5.56. The van der Waals surface area contributed by atoms with Crippen LogP contribution in [0.5, 0.6) is 5.75 Å². The fourth-order valence-corrected chi connectivity index (χ4v) is 2.22. The molecule has 1 aromatic heterocycles. The summed E-state index contributed by atoms with van der Waals surface area (Å²) in [5, 5.41) is 14.9. The van der Waals surface area contributed by atoms with Gasteiger partial charge < -0.3 is 4.74 Å². The first-order valence-electron chi connectivity index (χ1n) is 6.75. The monoisotopic (exact) mass is 274 g/mol. The molecule has 0 spiro atoms. The Kier molecular flexibility index (Phi) is 3.80. The zero-order valence-electron chi connectivity index (χ0n) is 11.0. The van der Waals surface area contributed by atoms with Gasteiger partial charge in [0.25, 0.3) is 0 Å². The number of halogens is 1. The van der Waals surface area contributed by atoms with Gasteiger partial charge in [-0.2, -0.15) is 0 Å². The van der Waals surface area contributed by atoms with Gasteiger partial charge >= 0.3 is 0 Å². The minimum atomic E-state index is -0.381. The van der Waals surface area contributed by atoms with Crippen molar-refractivity contribution in [1.29, 1.82) is 0 Å². The lowest BCUT2D eigenvalue weighted by Gasteiger charge is -2.25. The highest BCUT2D eigenvalue weighted by Gasteiger charge is 2.17. The van der Waals surface area contributed by atoms with Crippen molar-refractivity contribution in [2.24, 2.45) is 5.92 Å². The Labute approximate surface area is 116 Å². The van der Waals surface area contributed by atoms with Crippen molar-refractivity contribution >= 4 is 0 Å². The molecule has 0 atom stereocenters. The summed E-state index contributed by atoms with van der Waals surface area (Å²) < 4.78 is 19.2. The van der Waals surface area contributed by atoms with Crippen molar-refractivity contribution < 1.29 is 9.13 Å². The summed E-state index contributed by atoms with van der Waals surface area (Å²) in [5.74, 6) is 1.17. The van der Waals surface area contributed by atoms with E-state index in [0.29, 0.717) is 17.9 Å². The van der Waals surface area contributed by atoms with Crippen LogP contribution in [-0.2, 0) is 0 Å². The van der Waals surface area contributed by atoms with Crippen molar-refractivity contribution in [3.05, 3.63) is 30.3 Å². The smallest absolute Gasteiger partial charge is 0.203 e. The van der Waals surface area contributed by atoms with Gasteiger partial charge in [-0.15, -0.1) is 20.4 Å². The predicted molar refractivity (Wildman–Crippen MR) is 70.5 cm³/mol. The molecule has 1 fully saturated rings. The predicted octanol–water partition coefficient (Wildman–Crippen LogP) is 2.64. The maximum atomic E-state index is 13.6. The van der Waals surface area contributed by atoms with Gasteiger partial charge in [-0.05, 0) is 24.5 Å². The van der Waals surface area contributed by atoms with Crippen LogP contribution in [0, 0.1) is 11.7 Å². The maximum absolute atomic E-state index is 13.6. The van der Waals surface area contributed by atoms with E-state index in [1.54, 1.807) is 6.07 Å². The van der Waals surface area contributed by atoms with E-state index in [9.17, 15) is 4.39 Å². The van der Waals surface area contributed by atoms with Gasteiger partial charge in [-0.3, -0.25) is 0 Å². The van der Waals surface area contributed by atoms with Crippen LogP contribution >= 0.6 is 0 Å². The zero-order chi connectivity index (χ0) is 13.8. The van der Waals surface area contributed by atoms with Gasteiger partial charge in [-0.1, -0.05) is 19.3 Å². The summed E-state index contributed by atoms with van der Waals surface area (Å²) >= 11 is 0. The van der Waals surface area contributed by atoms with Gasteiger partial charge in [-0.25, -0.2) is 4.39 Å². The van der Waals surface area contributed by atoms with E-state index >= 15 is 0 Å². The highest BCUT2D eigenvalue weighted by Crippen LogP contribution is 2.29. The second kappa shape index (κ2) is 5.90. The Balaban J connectivity index is 1.69. The number of benzene rings is 1. The van der Waals surface area contributed by atoms with Gasteiger partial charge in [0, 0.05) is 11.6 Å². The molecule has 1 aliphatic rings. The molecule has 0 aliphatic heterocycles. The van der Waals surface area contributed by atoms with Crippen molar-refractivity contribution in [3.63, 3.8) is 0 Å². The summed E-state index contributed by atoms with van der Waals surface area (Å²) in [6.07, 6.45) is 6.15. The third-order valence-electron chi connectivity index (χ3n) is 3.56. The molecule has 2 aromatic rings. The summed E-state index contributed by atoms with van der Waals surface area (Å²) in [6, 6.07) is 4.42. The Hall–Kier alpha value is -2.11. The van der Waals surface area contributed by atoms with E-state index in [2.05, 4.69) is 20.4 Å². The molecule has 0 radical (unpaired) electrons. The van der Waals surface area contributed by atoms with Crippen LogP contribution in [0.15, 0.2) is 24.5 Å². The minimum Gasteiger partial charge on any atom is -0.493 e. The molecule has 1 aromatic carbocycles. The molecule has 104 valence electrons. The fraction of sp³-hybridized carbons (Fsp3) is 0.429. The number of ether oxygens (including phenoxy) is 1. The normalized spacial score (nSPS) is 14.8. The quantitative estimate of drug-likeness (QED) is 0.838. The van der Waals surface area contributed by atoms with Crippen LogP contribution in [0.4, 0.5) is 4.39 Å². The van der Waals surface area contributed by atoms with Crippen molar-refractivity contribution in [2.75, 3.05) is 6.61 Å². The van der Waals surface area contributed by atoms with Gasteiger partial charge in [0.15, 0.2) is 6.33 Å². The third kappa shape index (κ3) is 3.07. The van der Waals surface area contributed by atoms with E-state index in [4.69, 9.17) is 4.74 Å². The van der Waals surface area contributed by atoms with Crippen LogP contribution in [0.2, 0.25) is 0 Å². The van der Waals surface area contributed by atoms with Crippen LogP contribution in [0.1, 0.15) is 25.7 Å². The standard InChI is InChI=1S/C14H15FN4O/c15-12-6-11(14-18-16-9-17-19-14)7-13(8-12)20-5-4-10-2-1-3-10/h6-10H,1-5H2. The molecule has 1 heterocycles. The first-order valence-corrected chi connectivity index (χ1v) is 6.75. The Morgan fingerprint density at radius 1 is 1.15 bits per heavy atom. The molecule has 0 saturated heterocycles. The van der Waals surface area contributed by atoms with E-state index in [1.165, 1.54) is 37.7 Å². The lowest BCUT2D eigenvalue weighted by Crippen LogP contribution is -2.14. The molecular weight excluding hydrogens is 259 g/mol. The molecule has 0 N–H and O–H groups in total. The van der Waals surface area contributed by atoms with Crippen molar-refractivity contribution in [2.45, 2.75) is 25.7 Å². The van der Waals surface area contributed by atoms with E-state index in [-0.39, 0.29) is 11.6 Å². The summed E-state index contributed by atoms with van der Waals surface area (Å²) in [4.78, 5) is 0.